The molecule has 20 heavy (non-hydrogen) atoms. The van der Waals surface area contributed by atoms with E-state index >= 15 is 0 Å². The lowest BCUT2D eigenvalue weighted by molar-refractivity contribution is 0.150. The summed E-state index contributed by atoms with van der Waals surface area (Å²) >= 11 is 0. The van der Waals surface area contributed by atoms with Crippen LogP contribution in [-0.2, 0) is 12.0 Å². The molecule has 1 fully saturated rings. The Morgan fingerprint density at radius 3 is 2.40 bits per heavy atom. The molecule has 1 aromatic rings. The minimum Gasteiger partial charge on any atom is -0.493 e. The van der Waals surface area contributed by atoms with Crippen molar-refractivity contribution < 1.29 is 9.47 Å². The van der Waals surface area contributed by atoms with E-state index in [2.05, 4.69) is 29.4 Å². The standard InChI is InChI=1S/C16H24N2O2/c1-18-8-5-16(6-9-18)13-11-15(20-3)14(19-2)10-12(13)4-7-17-16/h10-11,17H,4-9H2,1-3H3. The zero-order chi connectivity index (χ0) is 14.2. The molecule has 0 bridgehead atoms. The molecule has 2 heterocycles. The number of ether oxygens (including phenoxy) is 2. The fourth-order valence-corrected chi connectivity index (χ4v) is 3.55. The van der Waals surface area contributed by atoms with Crippen LogP contribution in [0.25, 0.3) is 0 Å². The molecule has 0 unspecified atom stereocenters. The monoisotopic (exact) mass is 276 g/mol. The van der Waals surface area contributed by atoms with E-state index in [1.807, 2.05) is 0 Å². The third-order valence-corrected chi connectivity index (χ3v) is 4.82. The molecule has 4 heteroatoms. The lowest BCUT2D eigenvalue weighted by Gasteiger charge is -2.45. The summed E-state index contributed by atoms with van der Waals surface area (Å²) in [5, 5.41) is 3.78. The SMILES string of the molecule is COc1cc2c(cc1OC)C1(CCN(C)CC1)NCC2. The number of rotatable bonds is 2. The van der Waals surface area contributed by atoms with E-state index in [0.29, 0.717) is 0 Å². The van der Waals surface area contributed by atoms with Crippen LogP contribution in [0.4, 0.5) is 0 Å². The molecule has 2 aliphatic rings. The minimum atomic E-state index is 0.125. The predicted octanol–water partition coefficient (Wildman–Crippen LogP) is 1.77. The van der Waals surface area contributed by atoms with Crippen molar-refractivity contribution in [3.8, 4) is 11.5 Å². The van der Waals surface area contributed by atoms with Crippen LogP contribution in [0, 0.1) is 0 Å². The Labute approximate surface area is 121 Å². The lowest BCUT2D eigenvalue weighted by atomic mass is 9.75. The Morgan fingerprint density at radius 2 is 1.75 bits per heavy atom. The van der Waals surface area contributed by atoms with E-state index in [4.69, 9.17) is 9.47 Å². The maximum atomic E-state index is 5.49. The highest BCUT2D eigenvalue weighted by Gasteiger charge is 2.39. The zero-order valence-electron chi connectivity index (χ0n) is 12.7. The van der Waals surface area contributed by atoms with Gasteiger partial charge < -0.3 is 19.7 Å². The third kappa shape index (κ3) is 2.17. The van der Waals surface area contributed by atoms with Crippen LogP contribution in [0.1, 0.15) is 24.0 Å². The fourth-order valence-electron chi connectivity index (χ4n) is 3.55. The van der Waals surface area contributed by atoms with Gasteiger partial charge in [0.25, 0.3) is 0 Å². The maximum Gasteiger partial charge on any atom is 0.161 e. The number of hydrogen-bond acceptors (Lipinski definition) is 4. The van der Waals surface area contributed by atoms with Crippen molar-refractivity contribution in [2.45, 2.75) is 24.8 Å². The number of methoxy groups -OCH3 is 2. The van der Waals surface area contributed by atoms with Gasteiger partial charge in [0.15, 0.2) is 11.5 Å². The number of nitrogens with one attached hydrogen (secondary N) is 1. The summed E-state index contributed by atoms with van der Waals surface area (Å²) < 4.78 is 10.9. The molecule has 0 atom stereocenters. The van der Waals surface area contributed by atoms with Crippen molar-refractivity contribution in [2.75, 3.05) is 40.9 Å². The van der Waals surface area contributed by atoms with Gasteiger partial charge in [0.05, 0.1) is 14.2 Å². The Morgan fingerprint density at radius 1 is 1.10 bits per heavy atom. The molecule has 0 saturated carbocycles. The van der Waals surface area contributed by atoms with E-state index in [-0.39, 0.29) is 5.54 Å². The largest absolute Gasteiger partial charge is 0.493 e. The molecule has 3 rings (SSSR count). The molecule has 110 valence electrons. The molecule has 1 N–H and O–H groups in total. The van der Waals surface area contributed by atoms with Gasteiger partial charge in [-0.25, -0.2) is 0 Å². The van der Waals surface area contributed by atoms with Crippen molar-refractivity contribution >= 4 is 0 Å². The number of likely N-dealkylation sites (tertiary alicyclic amines) is 1. The molecule has 1 spiro atoms. The van der Waals surface area contributed by atoms with Crippen LogP contribution in [0.3, 0.4) is 0 Å². The van der Waals surface area contributed by atoms with Crippen LogP contribution < -0.4 is 14.8 Å². The number of nitrogens with zero attached hydrogens (tertiary/aromatic N) is 1. The van der Waals surface area contributed by atoms with Crippen molar-refractivity contribution in [3.05, 3.63) is 23.3 Å². The zero-order valence-corrected chi connectivity index (χ0v) is 12.7. The highest BCUT2D eigenvalue weighted by atomic mass is 16.5. The smallest absolute Gasteiger partial charge is 0.161 e. The molecular formula is C16H24N2O2. The minimum absolute atomic E-state index is 0.125. The number of piperidine rings is 1. The Balaban J connectivity index is 2.03. The average Bonchev–Trinajstić information content (AvgIpc) is 2.49. The normalized spacial score (nSPS) is 21.6. The summed E-state index contributed by atoms with van der Waals surface area (Å²) in [5.74, 6) is 1.68. The van der Waals surface area contributed by atoms with E-state index in [0.717, 1.165) is 50.4 Å². The summed E-state index contributed by atoms with van der Waals surface area (Å²) in [6, 6.07) is 4.35. The first-order valence-electron chi connectivity index (χ1n) is 7.37. The van der Waals surface area contributed by atoms with E-state index in [9.17, 15) is 0 Å². The molecule has 0 radical (unpaired) electrons. The molecule has 2 aliphatic heterocycles. The van der Waals surface area contributed by atoms with Gasteiger partial charge in [0.2, 0.25) is 0 Å². The molecule has 1 saturated heterocycles. The molecule has 4 nitrogen and oxygen atoms in total. The number of hydrogen-bond donors (Lipinski definition) is 1. The summed E-state index contributed by atoms with van der Waals surface area (Å²) in [4.78, 5) is 2.40. The van der Waals surface area contributed by atoms with Gasteiger partial charge in [0.1, 0.15) is 0 Å². The second-order valence-electron chi connectivity index (χ2n) is 5.93. The predicted molar refractivity (Wildman–Crippen MR) is 79.7 cm³/mol. The number of fused-ring (bicyclic) bond motifs is 2. The molecule has 0 aliphatic carbocycles. The Bertz CT molecular complexity index is 493. The second-order valence-corrected chi connectivity index (χ2v) is 5.93. The van der Waals surface area contributed by atoms with Crippen LogP contribution in [0.15, 0.2) is 12.1 Å². The van der Waals surface area contributed by atoms with Crippen LogP contribution in [0.2, 0.25) is 0 Å². The summed E-state index contributed by atoms with van der Waals surface area (Å²) in [6.07, 6.45) is 3.38. The first-order chi connectivity index (χ1) is 9.68. The van der Waals surface area contributed by atoms with Crippen LogP contribution in [0.5, 0.6) is 11.5 Å². The molecule has 0 aromatic heterocycles. The van der Waals surface area contributed by atoms with Gasteiger partial charge >= 0.3 is 0 Å². The summed E-state index contributed by atoms with van der Waals surface area (Å²) in [7, 11) is 5.61. The highest BCUT2D eigenvalue weighted by molar-refractivity contribution is 5.51. The van der Waals surface area contributed by atoms with Gasteiger partial charge in [-0.2, -0.15) is 0 Å². The second kappa shape index (κ2) is 5.26. The van der Waals surface area contributed by atoms with Crippen molar-refractivity contribution in [3.63, 3.8) is 0 Å². The maximum absolute atomic E-state index is 5.49. The Kier molecular flexibility index (Phi) is 3.61. The Hall–Kier alpha value is -1.26. The van der Waals surface area contributed by atoms with Crippen LogP contribution in [-0.4, -0.2) is 45.8 Å². The quantitative estimate of drug-likeness (QED) is 0.892. The third-order valence-electron chi connectivity index (χ3n) is 4.82. The van der Waals surface area contributed by atoms with E-state index < -0.39 is 0 Å². The summed E-state index contributed by atoms with van der Waals surface area (Å²) in [6.45, 7) is 3.33. The van der Waals surface area contributed by atoms with Gasteiger partial charge in [0, 0.05) is 12.1 Å². The van der Waals surface area contributed by atoms with Gasteiger partial charge in [-0.3, -0.25) is 0 Å². The van der Waals surface area contributed by atoms with Crippen molar-refractivity contribution in [1.29, 1.82) is 0 Å². The lowest BCUT2D eigenvalue weighted by Crippen LogP contribution is -2.53. The first kappa shape index (κ1) is 13.7. The fraction of sp³-hybridized carbons (Fsp3) is 0.625. The van der Waals surface area contributed by atoms with Gasteiger partial charge in [-0.05, 0) is 62.7 Å². The van der Waals surface area contributed by atoms with E-state index in [1.54, 1.807) is 14.2 Å². The van der Waals surface area contributed by atoms with Crippen molar-refractivity contribution in [2.24, 2.45) is 0 Å². The topological polar surface area (TPSA) is 33.7 Å². The molecule has 0 amide bonds. The van der Waals surface area contributed by atoms with Crippen molar-refractivity contribution in [1.82, 2.24) is 10.2 Å². The van der Waals surface area contributed by atoms with Gasteiger partial charge in [-0.1, -0.05) is 0 Å². The highest BCUT2D eigenvalue weighted by Crippen LogP contribution is 2.42. The van der Waals surface area contributed by atoms with Crippen LogP contribution >= 0.6 is 0 Å². The van der Waals surface area contributed by atoms with E-state index in [1.165, 1.54) is 11.1 Å². The summed E-state index contributed by atoms with van der Waals surface area (Å²) in [5.41, 5.74) is 2.94. The first-order valence-corrected chi connectivity index (χ1v) is 7.37. The molecule has 1 aromatic carbocycles. The number of benzene rings is 1. The molecular weight excluding hydrogens is 252 g/mol. The van der Waals surface area contributed by atoms with Gasteiger partial charge in [-0.15, -0.1) is 0 Å². The average molecular weight is 276 g/mol.